The number of benzene rings is 3. The van der Waals surface area contributed by atoms with E-state index in [-0.39, 0.29) is 50.6 Å². The van der Waals surface area contributed by atoms with Gasteiger partial charge in [-0.05, 0) is 42.0 Å². The second-order valence-corrected chi connectivity index (χ2v) is 10.9. The summed E-state index contributed by atoms with van der Waals surface area (Å²) in [7, 11) is 0. The number of rotatable bonds is 10. The monoisotopic (exact) mass is 612 g/mol. The van der Waals surface area contributed by atoms with Crippen molar-refractivity contribution in [3.05, 3.63) is 92.5 Å². The number of amides is 2. The summed E-state index contributed by atoms with van der Waals surface area (Å²) in [5.74, 6) is -3.67. The molecule has 0 aliphatic carbocycles. The van der Waals surface area contributed by atoms with Crippen LogP contribution in [0.1, 0.15) is 52.6 Å². The topological polar surface area (TPSA) is 84.5 Å². The smallest absolute Gasteiger partial charge is 0.272 e. The van der Waals surface area contributed by atoms with Gasteiger partial charge in [0.2, 0.25) is 5.91 Å². The van der Waals surface area contributed by atoms with E-state index in [9.17, 15) is 27.6 Å². The number of Topliss-reactive ketones (excluding diaryl/α,β-unsaturated/α-hetero) is 1. The first-order valence-electron chi connectivity index (χ1n) is 12.3. The van der Waals surface area contributed by atoms with Gasteiger partial charge < -0.3 is 15.4 Å². The molecule has 0 heterocycles. The summed E-state index contributed by atoms with van der Waals surface area (Å²) in [4.78, 5) is 38.4. The maximum atomic E-state index is 15.3. The second-order valence-electron chi connectivity index (χ2n) is 10.0. The molecule has 0 aliphatic heterocycles. The third-order valence-electron chi connectivity index (χ3n) is 5.77. The molecule has 3 aromatic rings. The summed E-state index contributed by atoms with van der Waals surface area (Å²) in [6.07, 6.45) is -3.24. The molecular weight excluding hydrogens is 587 g/mol. The Morgan fingerprint density at radius 2 is 1.66 bits per heavy atom. The van der Waals surface area contributed by atoms with E-state index in [1.807, 2.05) is 0 Å². The fourth-order valence-electron chi connectivity index (χ4n) is 3.62. The minimum atomic E-state index is -2.83. The van der Waals surface area contributed by atoms with Gasteiger partial charge in [-0.15, -0.1) is 0 Å². The van der Waals surface area contributed by atoms with Gasteiger partial charge in [-0.2, -0.15) is 0 Å². The molecule has 41 heavy (non-hydrogen) atoms. The predicted octanol–water partition coefficient (Wildman–Crippen LogP) is 7.26. The molecule has 0 atom stereocenters. The van der Waals surface area contributed by atoms with Crippen molar-refractivity contribution in [1.29, 1.82) is 0 Å². The van der Waals surface area contributed by atoms with Crippen LogP contribution in [0, 0.1) is 17.0 Å². The van der Waals surface area contributed by atoms with E-state index in [1.54, 1.807) is 20.8 Å². The van der Waals surface area contributed by atoms with Crippen LogP contribution in [0.25, 0.3) is 0 Å². The zero-order chi connectivity index (χ0) is 30.5. The van der Waals surface area contributed by atoms with Gasteiger partial charge in [0.1, 0.15) is 24.0 Å². The molecule has 0 aliphatic rings. The first-order valence-corrected chi connectivity index (χ1v) is 13.0. The van der Waals surface area contributed by atoms with E-state index in [1.165, 1.54) is 36.4 Å². The Labute approximate surface area is 244 Å². The van der Waals surface area contributed by atoms with Crippen molar-refractivity contribution < 1.29 is 36.7 Å². The molecule has 0 radical (unpaired) electrons. The SMILES string of the molecule is CC(C)(C)C(=O)NCc1ccc(Cl)c(C(=O)Cc2ccc(OCC(F)F)c(C(=O)Nc3ccc(F)c(Cl)c3)c2)c1F. The van der Waals surface area contributed by atoms with E-state index < -0.39 is 53.8 Å². The molecule has 3 rings (SSSR count). The summed E-state index contributed by atoms with van der Waals surface area (Å²) in [6, 6.07) is 9.95. The van der Waals surface area contributed by atoms with Gasteiger partial charge in [0.15, 0.2) is 5.78 Å². The van der Waals surface area contributed by atoms with Gasteiger partial charge >= 0.3 is 0 Å². The van der Waals surface area contributed by atoms with Gasteiger partial charge in [-0.25, -0.2) is 17.6 Å². The zero-order valence-corrected chi connectivity index (χ0v) is 23.7. The minimum absolute atomic E-state index is 0.0455. The Balaban J connectivity index is 1.88. The summed E-state index contributed by atoms with van der Waals surface area (Å²) < 4.78 is 59.5. The fraction of sp³-hybridized carbons (Fsp3) is 0.276. The van der Waals surface area contributed by atoms with Crippen LogP contribution in [0.2, 0.25) is 10.0 Å². The Bertz CT molecular complexity index is 1480. The molecule has 0 aromatic heterocycles. The zero-order valence-electron chi connectivity index (χ0n) is 22.2. The first-order chi connectivity index (χ1) is 19.2. The van der Waals surface area contributed by atoms with Crippen LogP contribution < -0.4 is 15.4 Å². The third kappa shape index (κ3) is 8.43. The van der Waals surface area contributed by atoms with Crippen molar-refractivity contribution in [2.75, 3.05) is 11.9 Å². The van der Waals surface area contributed by atoms with Crippen LogP contribution in [0.15, 0.2) is 48.5 Å². The highest BCUT2D eigenvalue weighted by molar-refractivity contribution is 6.34. The average molecular weight is 613 g/mol. The van der Waals surface area contributed by atoms with Gasteiger partial charge in [0, 0.05) is 29.6 Å². The highest BCUT2D eigenvalue weighted by Crippen LogP contribution is 2.28. The maximum absolute atomic E-state index is 15.3. The number of halogens is 6. The van der Waals surface area contributed by atoms with E-state index in [2.05, 4.69) is 10.6 Å². The van der Waals surface area contributed by atoms with Gasteiger partial charge in [0.25, 0.3) is 12.3 Å². The summed E-state index contributed by atoms with van der Waals surface area (Å²) >= 11 is 11.9. The van der Waals surface area contributed by atoms with Crippen LogP contribution in [-0.2, 0) is 17.8 Å². The summed E-state index contributed by atoms with van der Waals surface area (Å²) in [5, 5.41) is 4.68. The van der Waals surface area contributed by atoms with Crippen molar-refractivity contribution in [1.82, 2.24) is 5.32 Å². The van der Waals surface area contributed by atoms with Gasteiger partial charge in [-0.1, -0.05) is 56.1 Å². The van der Waals surface area contributed by atoms with Crippen molar-refractivity contribution in [3.63, 3.8) is 0 Å². The normalized spacial score (nSPS) is 11.4. The standard InChI is InChI=1S/C29H26Cl2F4N2O4/c1-29(2,3)28(40)36-13-16-5-7-19(30)25(26(16)35)22(38)11-15-4-9-23(41-14-24(33)34)18(10-15)27(39)37-17-6-8-21(32)20(31)12-17/h4-10,12,24H,11,13-14H2,1-3H3,(H,36,40)(H,37,39). The predicted molar refractivity (Wildman–Crippen MR) is 148 cm³/mol. The Morgan fingerprint density at radius 3 is 2.29 bits per heavy atom. The molecule has 218 valence electrons. The quantitative estimate of drug-likeness (QED) is 0.186. The number of hydrogen-bond donors (Lipinski definition) is 2. The van der Waals surface area contributed by atoms with Crippen LogP contribution >= 0.6 is 23.2 Å². The lowest BCUT2D eigenvalue weighted by Gasteiger charge is -2.18. The lowest BCUT2D eigenvalue weighted by Crippen LogP contribution is -2.34. The summed E-state index contributed by atoms with van der Waals surface area (Å²) in [5.41, 5.74) is -0.930. The summed E-state index contributed by atoms with van der Waals surface area (Å²) in [6.45, 7) is 3.92. The number of nitrogens with one attached hydrogen (secondary N) is 2. The minimum Gasteiger partial charge on any atom is -0.487 e. The first kappa shape index (κ1) is 31.9. The molecule has 0 bridgehead atoms. The van der Waals surface area contributed by atoms with E-state index in [0.29, 0.717) is 0 Å². The molecule has 2 N–H and O–H groups in total. The average Bonchev–Trinajstić information content (AvgIpc) is 2.88. The molecule has 0 saturated carbocycles. The Kier molecular flexibility index (Phi) is 10.4. The number of anilines is 1. The molecule has 6 nitrogen and oxygen atoms in total. The van der Waals surface area contributed by atoms with Crippen LogP contribution in [0.5, 0.6) is 5.75 Å². The van der Waals surface area contributed by atoms with Crippen molar-refractivity contribution in [2.45, 2.75) is 40.2 Å². The van der Waals surface area contributed by atoms with Crippen molar-refractivity contribution in [3.8, 4) is 5.75 Å². The largest absolute Gasteiger partial charge is 0.487 e. The van der Waals surface area contributed by atoms with E-state index in [0.717, 1.165) is 12.1 Å². The van der Waals surface area contributed by atoms with E-state index >= 15 is 4.39 Å². The number of ketones is 1. The Hall–Kier alpha value is -3.63. The number of hydrogen-bond acceptors (Lipinski definition) is 4. The number of alkyl halides is 2. The molecule has 0 spiro atoms. The number of carbonyl (C=O) groups is 3. The highest BCUT2D eigenvalue weighted by Gasteiger charge is 2.24. The number of ether oxygens (including phenoxy) is 1. The third-order valence-corrected chi connectivity index (χ3v) is 6.37. The molecule has 3 aromatic carbocycles. The molecule has 0 unspecified atom stereocenters. The molecule has 2 amide bonds. The van der Waals surface area contributed by atoms with E-state index in [4.69, 9.17) is 27.9 Å². The maximum Gasteiger partial charge on any atom is 0.272 e. The highest BCUT2D eigenvalue weighted by atomic mass is 35.5. The van der Waals surface area contributed by atoms with Gasteiger partial charge in [-0.3, -0.25) is 14.4 Å². The van der Waals surface area contributed by atoms with Crippen LogP contribution in [0.3, 0.4) is 0 Å². The molecular formula is C29H26Cl2F4N2O4. The second kappa shape index (κ2) is 13.4. The molecule has 0 fully saturated rings. The molecule has 12 heteroatoms. The van der Waals surface area contributed by atoms with Crippen molar-refractivity contribution in [2.24, 2.45) is 5.41 Å². The fourth-order valence-corrected chi connectivity index (χ4v) is 4.05. The Morgan fingerprint density at radius 1 is 0.951 bits per heavy atom. The lowest BCUT2D eigenvalue weighted by atomic mass is 9.95. The number of carbonyl (C=O) groups excluding carboxylic acids is 3. The van der Waals surface area contributed by atoms with Crippen molar-refractivity contribution >= 4 is 46.5 Å². The van der Waals surface area contributed by atoms with Gasteiger partial charge in [0.05, 0.1) is 21.2 Å². The van der Waals surface area contributed by atoms with Crippen LogP contribution in [0.4, 0.5) is 23.2 Å². The molecule has 0 saturated heterocycles. The van der Waals surface area contributed by atoms with Crippen LogP contribution in [-0.4, -0.2) is 30.6 Å². The lowest BCUT2D eigenvalue weighted by molar-refractivity contribution is -0.128.